The Morgan fingerprint density at radius 1 is 0.880 bits per heavy atom. The Balaban J connectivity index is 2.70. The highest BCUT2D eigenvalue weighted by Crippen LogP contribution is 2.42. The Morgan fingerprint density at radius 2 is 1.40 bits per heavy atom. The van der Waals surface area contributed by atoms with Crippen LogP contribution in [0.15, 0.2) is 46.9 Å². The lowest BCUT2D eigenvalue weighted by molar-refractivity contribution is -0.0793. The van der Waals surface area contributed by atoms with Crippen LogP contribution in [0.1, 0.15) is 11.1 Å². The number of halogens is 4. The normalized spacial score (nSPS) is 12.0. The molecule has 2 aromatic rings. The molecule has 0 amide bonds. The lowest BCUT2D eigenvalue weighted by Crippen LogP contribution is -2.05. The highest BCUT2D eigenvalue weighted by Gasteiger charge is 2.26. The van der Waals surface area contributed by atoms with Crippen LogP contribution in [0.5, 0.6) is 17.2 Å². The number of methoxy groups -OCH3 is 3. The topological polar surface area (TPSA) is 27.7 Å². The summed E-state index contributed by atoms with van der Waals surface area (Å²) in [7, 11) is 4.25. The maximum atomic E-state index is 13.1. The van der Waals surface area contributed by atoms with Crippen LogP contribution in [0.4, 0.5) is 13.2 Å². The second kappa shape index (κ2) is 7.82. The zero-order valence-corrected chi connectivity index (χ0v) is 15.4. The Morgan fingerprint density at radius 3 is 1.80 bits per heavy atom. The Hall–Kier alpha value is -2.15. The maximum absolute atomic E-state index is 13.1. The van der Waals surface area contributed by atoms with Crippen molar-refractivity contribution in [3.63, 3.8) is 0 Å². The first-order valence-corrected chi connectivity index (χ1v) is 7.94. The average molecular weight is 417 g/mol. The summed E-state index contributed by atoms with van der Waals surface area (Å²) in [6.07, 6.45) is -4.22. The van der Waals surface area contributed by atoms with E-state index in [1.165, 1.54) is 33.5 Å². The van der Waals surface area contributed by atoms with Gasteiger partial charge < -0.3 is 14.2 Å². The number of alkyl halides is 3. The molecule has 7 heteroatoms. The van der Waals surface area contributed by atoms with Gasteiger partial charge in [-0.1, -0.05) is 28.1 Å². The zero-order chi connectivity index (χ0) is 18.6. The zero-order valence-electron chi connectivity index (χ0n) is 13.8. The summed E-state index contributed by atoms with van der Waals surface area (Å²) >= 11 is 3.28. The summed E-state index contributed by atoms with van der Waals surface area (Å²) in [6.45, 7) is 0. The molecule has 2 rings (SSSR count). The van der Waals surface area contributed by atoms with E-state index >= 15 is 0 Å². The number of hydrogen-bond donors (Lipinski definition) is 0. The molecular formula is C18H16BrF3O3. The van der Waals surface area contributed by atoms with E-state index in [2.05, 4.69) is 15.9 Å². The van der Waals surface area contributed by atoms with Crippen LogP contribution in [0.25, 0.3) is 5.57 Å². The minimum Gasteiger partial charge on any atom is -0.493 e. The fourth-order valence-corrected chi connectivity index (χ4v) is 2.63. The van der Waals surface area contributed by atoms with E-state index in [0.717, 1.165) is 4.47 Å². The number of rotatable bonds is 5. The molecule has 0 saturated heterocycles. The average Bonchev–Trinajstić information content (AvgIpc) is 2.58. The van der Waals surface area contributed by atoms with Crippen LogP contribution in [0.2, 0.25) is 0 Å². The molecule has 0 aliphatic heterocycles. The van der Waals surface area contributed by atoms with E-state index in [0.29, 0.717) is 16.9 Å². The van der Waals surface area contributed by atoms with Gasteiger partial charge in [-0.15, -0.1) is 0 Å². The third kappa shape index (κ3) is 4.69. The van der Waals surface area contributed by atoms with Gasteiger partial charge in [0, 0.05) is 10.5 Å². The Bertz CT molecular complexity index is 743. The molecular weight excluding hydrogens is 401 g/mol. The Kier molecular flexibility index (Phi) is 6.00. The van der Waals surface area contributed by atoms with Crippen LogP contribution in [0.3, 0.4) is 0 Å². The standard InChI is InChI=1S/C18H16BrF3O3/c1-23-15-8-12(9-16(24-2)17(15)25-3)14(10-18(20,21)22)11-4-6-13(19)7-5-11/h4-10H,1-3H3/b14-10-. The van der Waals surface area contributed by atoms with Crippen LogP contribution in [-0.2, 0) is 0 Å². The lowest BCUT2D eigenvalue weighted by atomic mass is 9.96. The minimum absolute atomic E-state index is 0.000692. The van der Waals surface area contributed by atoms with Crippen molar-refractivity contribution in [3.8, 4) is 17.2 Å². The van der Waals surface area contributed by atoms with Gasteiger partial charge in [0.2, 0.25) is 5.75 Å². The fourth-order valence-electron chi connectivity index (χ4n) is 2.36. The number of allylic oxidation sites excluding steroid dienone is 1. The van der Waals surface area contributed by atoms with E-state index in [1.807, 2.05) is 0 Å². The first-order chi connectivity index (χ1) is 11.8. The highest BCUT2D eigenvalue weighted by atomic mass is 79.9. The number of ether oxygens (including phenoxy) is 3. The second-order valence-corrected chi connectivity index (χ2v) is 5.94. The molecule has 2 aromatic carbocycles. The van der Waals surface area contributed by atoms with E-state index in [1.54, 1.807) is 24.3 Å². The van der Waals surface area contributed by atoms with Gasteiger partial charge in [-0.05, 0) is 41.0 Å². The number of benzene rings is 2. The van der Waals surface area contributed by atoms with E-state index < -0.39 is 6.18 Å². The molecule has 0 fully saturated rings. The summed E-state index contributed by atoms with van der Waals surface area (Å²) in [4.78, 5) is 0. The molecule has 134 valence electrons. The fraction of sp³-hybridized carbons (Fsp3) is 0.222. The monoisotopic (exact) mass is 416 g/mol. The van der Waals surface area contributed by atoms with Gasteiger partial charge in [0.1, 0.15) is 0 Å². The van der Waals surface area contributed by atoms with Crippen molar-refractivity contribution in [2.24, 2.45) is 0 Å². The molecule has 0 aliphatic rings. The molecule has 0 bridgehead atoms. The van der Waals surface area contributed by atoms with Crippen molar-refractivity contribution in [2.75, 3.05) is 21.3 Å². The summed E-state index contributed by atoms with van der Waals surface area (Å²) < 4.78 is 55.7. The summed E-state index contributed by atoms with van der Waals surface area (Å²) in [5, 5.41) is 0. The predicted molar refractivity (Wildman–Crippen MR) is 93.4 cm³/mol. The van der Waals surface area contributed by atoms with Crippen molar-refractivity contribution in [1.29, 1.82) is 0 Å². The van der Waals surface area contributed by atoms with Gasteiger partial charge in [-0.25, -0.2) is 0 Å². The molecule has 0 aliphatic carbocycles. The number of hydrogen-bond acceptors (Lipinski definition) is 3. The van der Waals surface area contributed by atoms with E-state index in [-0.39, 0.29) is 23.1 Å². The largest absolute Gasteiger partial charge is 0.493 e. The molecule has 0 unspecified atom stereocenters. The van der Waals surface area contributed by atoms with Crippen molar-refractivity contribution in [3.05, 3.63) is 58.1 Å². The van der Waals surface area contributed by atoms with E-state index in [9.17, 15) is 13.2 Å². The van der Waals surface area contributed by atoms with Crippen molar-refractivity contribution in [2.45, 2.75) is 6.18 Å². The van der Waals surface area contributed by atoms with Crippen LogP contribution >= 0.6 is 15.9 Å². The van der Waals surface area contributed by atoms with Gasteiger partial charge in [-0.2, -0.15) is 13.2 Å². The molecule has 0 spiro atoms. The summed E-state index contributed by atoms with van der Waals surface area (Å²) in [5.41, 5.74) is 0.711. The molecule has 0 N–H and O–H groups in total. The molecule has 0 radical (unpaired) electrons. The van der Waals surface area contributed by atoms with Crippen LogP contribution in [0, 0.1) is 0 Å². The van der Waals surface area contributed by atoms with Gasteiger partial charge in [0.25, 0.3) is 0 Å². The SMILES string of the molecule is COc1cc(/C(=C\C(F)(F)F)c2ccc(Br)cc2)cc(OC)c1OC. The minimum atomic E-state index is -4.48. The van der Waals surface area contributed by atoms with Crippen molar-refractivity contribution in [1.82, 2.24) is 0 Å². The molecule has 3 nitrogen and oxygen atoms in total. The molecule has 0 heterocycles. The first kappa shape index (κ1) is 19.2. The second-order valence-electron chi connectivity index (χ2n) is 5.02. The molecule has 0 aromatic heterocycles. The van der Waals surface area contributed by atoms with E-state index in [4.69, 9.17) is 14.2 Å². The lowest BCUT2D eigenvalue weighted by Gasteiger charge is -2.16. The van der Waals surface area contributed by atoms with Gasteiger partial charge in [0.15, 0.2) is 11.5 Å². The van der Waals surface area contributed by atoms with Gasteiger partial charge in [-0.3, -0.25) is 0 Å². The maximum Gasteiger partial charge on any atom is 0.410 e. The van der Waals surface area contributed by atoms with Gasteiger partial charge in [0.05, 0.1) is 21.3 Å². The van der Waals surface area contributed by atoms with Crippen molar-refractivity contribution >= 4 is 21.5 Å². The van der Waals surface area contributed by atoms with Crippen LogP contribution in [-0.4, -0.2) is 27.5 Å². The van der Waals surface area contributed by atoms with Gasteiger partial charge >= 0.3 is 6.18 Å². The molecule has 0 atom stereocenters. The predicted octanol–water partition coefficient (Wildman–Crippen LogP) is 5.47. The van der Waals surface area contributed by atoms with Crippen LogP contribution < -0.4 is 14.2 Å². The quantitative estimate of drug-likeness (QED) is 0.646. The third-order valence-electron chi connectivity index (χ3n) is 3.44. The molecule has 25 heavy (non-hydrogen) atoms. The third-order valence-corrected chi connectivity index (χ3v) is 3.97. The molecule has 0 saturated carbocycles. The Labute approximate surface area is 152 Å². The van der Waals surface area contributed by atoms with Crippen molar-refractivity contribution < 1.29 is 27.4 Å². The smallest absolute Gasteiger partial charge is 0.410 e. The first-order valence-electron chi connectivity index (χ1n) is 7.15. The summed E-state index contributed by atoms with van der Waals surface area (Å²) in [6, 6.07) is 9.53. The highest BCUT2D eigenvalue weighted by molar-refractivity contribution is 9.10. The summed E-state index contributed by atoms with van der Waals surface area (Å²) in [5.74, 6) is 0.875.